The molecule has 0 aromatic heterocycles. The molecule has 0 atom stereocenters. The van der Waals surface area contributed by atoms with Crippen LogP contribution in [0.25, 0.3) is 0 Å². The predicted octanol–water partition coefficient (Wildman–Crippen LogP) is -0.345. The van der Waals surface area contributed by atoms with E-state index < -0.39 is 5.66 Å². The molecule has 1 rings (SSSR count). The van der Waals surface area contributed by atoms with Crippen molar-refractivity contribution in [2.24, 2.45) is 17.4 Å². The standard InChI is InChI=1S/C6H16N4/c7-6(10(8)9)4-2-1-3-5-6/h1-5,7-9H2. The highest BCUT2D eigenvalue weighted by molar-refractivity contribution is 4.82. The lowest BCUT2D eigenvalue weighted by Crippen LogP contribution is -2.63. The van der Waals surface area contributed by atoms with Gasteiger partial charge in [0.2, 0.25) is 0 Å². The molecule has 0 unspecified atom stereocenters. The summed E-state index contributed by atoms with van der Waals surface area (Å²) in [7, 11) is 0. The number of rotatable bonds is 1. The summed E-state index contributed by atoms with van der Waals surface area (Å²) in [5.74, 6) is 10.8. The van der Waals surface area contributed by atoms with E-state index in [9.17, 15) is 0 Å². The van der Waals surface area contributed by atoms with Gasteiger partial charge in [0, 0.05) is 0 Å². The van der Waals surface area contributed by atoms with Crippen molar-refractivity contribution in [2.45, 2.75) is 37.8 Å². The summed E-state index contributed by atoms with van der Waals surface area (Å²) in [5.41, 5.74) is 5.45. The molecule has 4 heteroatoms. The van der Waals surface area contributed by atoms with Crippen molar-refractivity contribution < 1.29 is 0 Å². The molecule has 0 aromatic carbocycles. The van der Waals surface area contributed by atoms with Crippen LogP contribution in [0.3, 0.4) is 0 Å². The molecule has 4 nitrogen and oxygen atoms in total. The van der Waals surface area contributed by atoms with Crippen molar-refractivity contribution in [2.75, 3.05) is 0 Å². The van der Waals surface area contributed by atoms with Gasteiger partial charge in [0.1, 0.15) is 0 Å². The number of nitrogens with zero attached hydrogens (tertiary/aromatic N) is 1. The quantitative estimate of drug-likeness (QED) is 0.267. The van der Waals surface area contributed by atoms with E-state index in [0.29, 0.717) is 0 Å². The Morgan fingerprint density at radius 1 is 1.00 bits per heavy atom. The summed E-state index contributed by atoms with van der Waals surface area (Å²) < 4.78 is 0. The van der Waals surface area contributed by atoms with Gasteiger partial charge in [-0.3, -0.25) is 11.7 Å². The second-order valence-electron chi connectivity index (χ2n) is 3.07. The van der Waals surface area contributed by atoms with Crippen LogP contribution in [-0.2, 0) is 0 Å². The third-order valence-electron chi connectivity index (χ3n) is 2.23. The third kappa shape index (κ3) is 1.46. The van der Waals surface area contributed by atoms with Gasteiger partial charge in [-0.1, -0.05) is 19.3 Å². The van der Waals surface area contributed by atoms with Gasteiger partial charge in [-0.25, -0.2) is 0 Å². The number of hydrazine groups is 2. The Labute approximate surface area is 61.3 Å². The second kappa shape index (κ2) is 2.84. The Morgan fingerprint density at radius 2 is 1.50 bits per heavy atom. The van der Waals surface area contributed by atoms with Gasteiger partial charge < -0.3 is 5.73 Å². The molecule has 0 bridgehead atoms. The predicted molar refractivity (Wildman–Crippen MR) is 40.2 cm³/mol. The van der Waals surface area contributed by atoms with Crippen LogP contribution in [0.4, 0.5) is 0 Å². The number of nitrogens with two attached hydrogens (primary N) is 3. The molecule has 1 aliphatic carbocycles. The number of hydrogen-bond acceptors (Lipinski definition) is 4. The summed E-state index contributed by atoms with van der Waals surface area (Å²) in [6.45, 7) is 0. The zero-order valence-corrected chi connectivity index (χ0v) is 6.21. The van der Waals surface area contributed by atoms with Crippen molar-refractivity contribution in [3.8, 4) is 0 Å². The molecule has 0 radical (unpaired) electrons. The van der Waals surface area contributed by atoms with E-state index >= 15 is 0 Å². The Bertz CT molecular complexity index is 106. The second-order valence-corrected chi connectivity index (χ2v) is 3.07. The Kier molecular flexibility index (Phi) is 2.25. The molecule has 0 heterocycles. The smallest absolute Gasteiger partial charge is 0.0970 e. The fraction of sp³-hybridized carbons (Fsp3) is 1.00. The van der Waals surface area contributed by atoms with E-state index in [1.807, 2.05) is 0 Å². The monoisotopic (exact) mass is 144 g/mol. The van der Waals surface area contributed by atoms with Crippen molar-refractivity contribution in [1.82, 2.24) is 5.12 Å². The van der Waals surface area contributed by atoms with Crippen molar-refractivity contribution in [1.29, 1.82) is 0 Å². The molecule has 1 saturated carbocycles. The van der Waals surface area contributed by atoms with Crippen LogP contribution in [0, 0.1) is 0 Å². The van der Waals surface area contributed by atoms with Crippen LogP contribution in [0.1, 0.15) is 32.1 Å². The number of hydrogen-bond donors (Lipinski definition) is 3. The molecular weight excluding hydrogens is 128 g/mol. The van der Waals surface area contributed by atoms with E-state index in [2.05, 4.69) is 0 Å². The topological polar surface area (TPSA) is 81.3 Å². The maximum atomic E-state index is 5.88. The summed E-state index contributed by atoms with van der Waals surface area (Å²) in [5, 5.41) is 1.16. The van der Waals surface area contributed by atoms with Gasteiger partial charge in [-0.05, 0) is 12.8 Å². The highest BCUT2D eigenvalue weighted by Crippen LogP contribution is 2.25. The first-order valence-electron chi connectivity index (χ1n) is 3.74. The minimum absolute atomic E-state index is 0.432. The lowest BCUT2D eigenvalue weighted by Gasteiger charge is -2.37. The summed E-state index contributed by atoms with van der Waals surface area (Å²) >= 11 is 0. The molecule has 0 aromatic rings. The molecule has 1 fully saturated rings. The maximum Gasteiger partial charge on any atom is 0.0970 e. The highest BCUT2D eigenvalue weighted by Gasteiger charge is 2.30. The molecule has 10 heavy (non-hydrogen) atoms. The van der Waals surface area contributed by atoms with Gasteiger partial charge >= 0.3 is 0 Å². The summed E-state index contributed by atoms with van der Waals surface area (Å²) in [6, 6.07) is 0. The zero-order valence-electron chi connectivity index (χ0n) is 6.21. The molecule has 0 spiro atoms. The van der Waals surface area contributed by atoms with Crippen molar-refractivity contribution >= 4 is 0 Å². The fourth-order valence-corrected chi connectivity index (χ4v) is 1.42. The molecule has 0 saturated heterocycles. The van der Waals surface area contributed by atoms with Crippen LogP contribution < -0.4 is 17.4 Å². The minimum Gasteiger partial charge on any atom is -0.311 e. The SMILES string of the molecule is NN(N)C1(N)CCCCC1. The molecule has 0 amide bonds. The van der Waals surface area contributed by atoms with E-state index in [-0.39, 0.29) is 0 Å². The van der Waals surface area contributed by atoms with Gasteiger partial charge in [0.05, 0.1) is 5.66 Å². The lowest BCUT2D eigenvalue weighted by molar-refractivity contribution is 0.0546. The Morgan fingerprint density at radius 3 is 1.80 bits per heavy atom. The Balaban J connectivity index is 2.48. The van der Waals surface area contributed by atoms with Crippen molar-refractivity contribution in [3.05, 3.63) is 0 Å². The lowest BCUT2D eigenvalue weighted by atomic mass is 9.90. The maximum absolute atomic E-state index is 5.88. The van der Waals surface area contributed by atoms with E-state index in [1.54, 1.807) is 0 Å². The van der Waals surface area contributed by atoms with Crippen LogP contribution in [-0.4, -0.2) is 10.8 Å². The molecule has 60 valence electrons. The van der Waals surface area contributed by atoms with Crippen LogP contribution >= 0.6 is 0 Å². The fourth-order valence-electron chi connectivity index (χ4n) is 1.42. The van der Waals surface area contributed by atoms with E-state index in [4.69, 9.17) is 17.4 Å². The van der Waals surface area contributed by atoms with Gasteiger partial charge in [0.15, 0.2) is 0 Å². The first-order valence-corrected chi connectivity index (χ1v) is 3.74. The molecular formula is C6H16N4. The molecule has 0 aliphatic heterocycles. The first-order chi connectivity index (χ1) is 4.65. The van der Waals surface area contributed by atoms with Crippen LogP contribution in [0.2, 0.25) is 0 Å². The third-order valence-corrected chi connectivity index (χ3v) is 2.23. The summed E-state index contributed by atoms with van der Waals surface area (Å²) in [4.78, 5) is 0. The normalized spacial score (nSPS) is 25.2. The minimum atomic E-state index is -0.432. The molecule has 6 N–H and O–H groups in total. The van der Waals surface area contributed by atoms with Gasteiger partial charge in [-0.2, -0.15) is 5.12 Å². The highest BCUT2D eigenvalue weighted by atomic mass is 15.6. The van der Waals surface area contributed by atoms with Crippen LogP contribution in [0.5, 0.6) is 0 Å². The first kappa shape index (κ1) is 7.94. The average Bonchev–Trinajstić information content (AvgIpc) is 1.89. The van der Waals surface area contributed by atoms with E-state index in [0.717, 1.165) is 30.8 Å². The van der Waals surface area contributed by atoms with Crippen LogP contribution in [0.15, 0.2) is 0 Å². The van der Waals surface area contributed by atoms with Crippen molar-refractivity contribution in [3.63, 3.8) is 0 Å². The zero-order chi connectivity index (χ0) is 7.61. The summed E-state index contributed by atoms with van der Waals surface area (Å²) in [6.07, 6.45) is 5.37. The molecule has 1 aliphatic rings. The average molecular weight is 144 g/mol. The van der Waals surface area contributed by atoms with Gasteiger partial charge in [0.25, 0.3) is 0 Å². The largest absolute Gasteiger partial charge is 0.311 e. The van der Waals surface area contributed by atoms with E-state index in [1.165, 1.54) is 6.42 Å². The van der Waals surface area contributed by atoms with Gasteiger partial charge in [-0.15, -0.1) is 0 Å². The Hall–Kier alpha value is -0.160.